The first-order valence-corrected chi connectivity index (χ1v) is 6.03. The molecule has 0 aromatic rings. The lowest BCUT2D eigenvalue weighted by atomic mass is 10.0. The first-order chi connectivity index (χ1) is 7.93. The first-order valence-electron chi connectivity index (χ1n) is 6.03. The van der Waals surface area contributed by atoms with Crippen molar-refractivity contribution in [3.05, 3.63) is 36.1 Å². The molecule has 0 aliphatic carbocycles. The van der Waals surface area contributed by atoms with Crippen molar-refractivity contribution in [3.63, 3.8) is 0 Å². The van der Waals surface area contributed by atoms with Crippen molar-refractivity contribution in [1.82, 2.24) is 0 Å². The molecule has 0 bridgehead atoms. The molecule has 0 saturated heterocycles. The average Bonchev–Trinajstić information content (AvgIpc) is 2.28. The van der Waals surface area contributed by atoms with Crippen molar-refractivity contribution >= 4 is 5.71 Å². The van der Waals surface area contributed by atoms with Crippen LogP contribution in [0.25, 0.3) is 0 Å². The summed E-state index contributed by atoms with van der Waals surface area (Å²) in [6, 6.07) is 0. The summed E-state index contributed by atoms with van der Waals surface area (Å²) in [7, 11) is 1.79. The molecule has 0 aromatic carbocycles. The summed E-state index contributed by atoms with van der Waals surface area (Å²) < 4.78 is 5.74. The highest BCUT2D eigenvalue weighted by atomic mass is 16.5. The highest BCUT2D eigenvalue weighted by Gasteiger charge is 2.08. The second kappa shape index (κ2) is 7.88. The Labute approximate surface area is 106 Å². The van der Waals surface area contributed by atoms with Gasteiger partial charge in [0, 0.05) is 18.3 Å². The van der Waals surface area contributed by atoms with E-state index in [0.717, 1.165) is 16.9 Å². The van der Waals surface area contributed by atoms with Gasteiger partial charge in [0.2, 0.25) is 0 Å². The molecule has 96 valence electrons. The summed E-state index contributed by atoms with van der Waals surface area (Å²) in [6.07, 6.45) is 5.75. The molecule has 0 heterocycles. The van der Waals surface area contributed by atoms with Crippen LogP contribution in [0.2, 0.25) is 0 Å². The third-order valence-electron chi connectivity index (χ3n) is 2.86. The van der Waals surface area contributed by atoms with Gasteiger partial charge >= 0.3 is 0 Å². The third-order valence-corrected chi connectivity index (χ3v) is 2.86. The van der Waals surface area contributed by atoms with Crippen LogP contribution in [0, 0.1) is 5.92 Å². The zero-order chi connectivity index (χ0) is 13.4. The quantitative estimate of drug-likeness (QED) is 0.385. The summed E-state index contributed by atoms with van der Waals surface area (Å²) in [4.78, 5) is 4.21. The fraction of sp³-hybridized carbons (Fsp3) is 0.533. The van der Waals surface area contributed by atoms with E-state index in [2.05, 4.69) is 32.3 Å². The summed E-state index contributed by atoms with van der Waals surface area (Å²) in [5.74, 6) is 0.495. The van der Waals surface area contributed by atoms with Gasteiger partial charge in [0.15, 0.2) is 0 Å². The van der Waals surface area contributed by atoms with Crippen molar-refractivity contribution in [2.45, 2.75) is 40.7 Å². The lowest BCUT2D eigenvalue weighted by Crippen LogP contribution is -2.13. The van der Waals surface area contributed by atoms with Crippen molar-refractivity contribution in [3.8, 4) is 0 Å². The van der Waals surface area contributed by atoms with E-state index in [4.69, 9.17) is 4.74 Å². The highest BCUT2D eigenvalue weighted by molar-refractivity contribution is 6.01. The van der Waals surface area contributed by atoms with Crippen LogP contribution in [0.1, 0.15) is 34.6 Å². The second-order valence-corrected chi connectivity index (χ2v) is 4.51. The molecule has 2 nitrogen and oxygen atoms in total. The molecule has 1 atom stereocenters. The summed E-state index contributed by atoms with van der Waals surface area (Å²) in [5.41, 5.74) is 3.11. The SMILES string of the molecule is C=C/C=C(C)\C(=C\OC(C)C(C)C)C(C)=NC. The van der Waals surface area contributed by atoms with Crippen LogP contribution >= 0.6 is 0 Å². The molecule has 0 aliphatic rings. The van der Waals surface area contributed by atoms with Crippen LogP contribution in [0.4, 0.5) is 0 Å². The molecular weight excluding hydrogens is 210 g/mol. The number of hydrogen-bond donors (Lipinski definition) is 0. The molecule has 0 rings (SSSR count). The zero-order valence-electron chi connectivity index (χ0n) is 11.9. The number of nitrogens with zero attached hydrogens (tertiary/aromatic N) is 1. The van der Waals surface area contributed by atoms with Crippen LogP contribution in [-0.2, 0) is 4.74 Å². The molecule has 0 fully saturated rings. The van der Waals surface area contributed by atoms with E-state index in [1.54, 1.807) is 13.1 Å². The minimum atomic E-state index is 0.200. The van der Waals surface area contributed by atoms with Gasteiger partial charge in [0.1, 0.15) is 0 Å². The molecule has 0 aliphatic heterocycles. The Balaban J connectivity index is 5.00. The molecule has 0 radical (unpaired) electrons. The van der Waals surface area contributed by atoms with Gasteiger partial charge in [0.05, 0.1) is 12.4 Å². The number of rotatable bonds is 6. The zero-order valence-corrected chi connectivity index (χ0v) is 11.9. The van der Waals surface area contributed by atoms with Gasteiger partial charge < -0.3 is 4.74 Å². The maximum absolute atomic E-state index is 5.74. The van der Waals surface area contributed by atoms with Crippen molar-refractivity contribution in [1.29, 1.82) is 0 Å². The van der Waals surface area contributed by atoms with Crippen LogP contribution in [0.3, 0.4) is 0 Å². The average molecular weight is 235 g/mol. The smallest absolute Gasteiger partial charge is 0.0973 e. The second-order valence-electron chi connectivity index (χ2n) is 4.51. The van der Waals surface area contributed by atoms with Gasteiger partial charge in [-0.15, -0.1) is 0 Å². The molecule has 2 heteroatoms. The molecule has 0 aromatic heterocycles. The lowest BCUT2D eigenvalue weighted by Gasteiger charge is -2.16. The lowest BCUT2D eigenvalue weighted by molar-refractivity contribution is 0.117. The summed E-state index contributed by atoms with van der Waals surface area (Å²) in [5, 5.41) is 0. The van der Waals surface area contributed by atoms with Crippen LogP contribution < -0.4 is 0 Å². The van der Waals surface area contributed by atoms with Crippen molar-refractivity contribution in [2.24, 2.45) is 10.9 Å². The van der Waals surface area contributed by atoms with Gasteiger partial charge in [-0.3, -0.25) is 4.99 Å². The third kappa shape index (κ3) is 5.53. The van der Waals surface area contributed by atoms with Gasteiger partial charge in [-0.1, -0.05) is 32.6 Å². The first kappa shape index (κ1) is 15.7. The Morgan fingerprint density at radius 3 is 2.24 bits per heavy atom. The fourth-order valence-electron chi connectivity index (χ4n) is 1.18. The molecule has 0 spiro atoms. The van der Waals surface area contributed by atoms with E-state index < -0.39 is 0 Å². The van der Waals surface area contributed by atoms with E-state index in [1.807, 2.05) is 26.2 Å². The van der Waals surface area contributed by atoms with E-state index in [0.29, 0.717) is 5.92 Å². The fourth-order valence-corrected chi connectivity index (χ4v) is 1.18. The Morgan fingerprint density at radius 1 is 1.24 bits per heavy atom. The topological polar surface area (TPSA) is 21.6 Å². The maximum atomic E-state index is 5.74. The molecular formula is C15H25NO. The molecule has 0 saturated carbocycles. The largest absolute Gasteiger partial charge is 0.497 e. The minimum absolute atomic E-state index is 0.200. The van der Waals surface area contributed by atoms with Gasteiger partial charge in [-0.05, 0) is 32.3 Å². The Morgan fingerprint density at radius 2 is 1.82 bits per heavy atom. The molecule has 17 heavy (non-hydrogen) atoms. The molecule has 0 amide bonds. The Bertz CT molecular complexity index is 335. The molecule has 1 unspecified atom stereocenters. The van der Waals surface area contributed by atoms with Gasteiger partial charge in [0.25, 0.3) is 0 Å². The van der Waals surface area contributed by atoms with E-state index in [9.17, 15) is 0 Å². The summed E-state index contributed by atoms with van der Waals surface area (Å²) >= 11 is 0. The number of aliphatic imine (C=N–C) groups is 1. The maximum Gasteiger partial charge on any atom is 0.0973 e. The van der Waals surface area contributed by atoms with Crippen LogP contribution in [-0.4, -0.2) is 18.9 Å². The predicted molar refractivity (Wildman–Crippen MR) is 76.5 cm³/mol. The van der Waals surface area contributed by atoms with Gasteiger partial charge in [-0.2, -0.15) is 0 Å². The van der Waals surface area contributed by atoms with Crippen molar-refractivity contribution < 1.29 is 4.74 Å². The minimum Gasteiger partial charge on any atom is -0.497 e. The normalized spacial score (nSPS) is 16.1. The number of allylic oxidation sites excluding steroid dienone is 4. The van der Waals surface area contributed by atoms with Crippen molar-refractivity contribution in [2.75, 3.05) is 7.05 Å². The Hall–Kier alpha value is -1.31. The standard InChI is InChI=1S/C15H25NO/c1-8-9-12(4)15(13(5)16-7)10-17-14(6)11(2)3/h8-11,14H,1H2,2-7H3/b12-9-,15-10-,16-13?. The van der Waals surface area contributed by atoms with Crippen LogP contribution in [0.15, 0.2) is 41.1 Å². The monoisotopic (exact) mass is 235 g/mol. The number of hydrogen-bond acceptors (Lipinski definition) is 2. The van der Waals surface area contributed by atoms with E-state index >= 15 is 0 Å². The number of ether oxygens (including phenoxy) is 1. The predicted octanol–water partition coefficient (Wildman–Crippen LogP) is 4.15. The Kier molecular flexibility index (Phi) is 7.27. The van der Waals surface area contributed by atoms with E-state index in [-0.39, 0.29) is 6.10 Å². The molecule has 0 N–H and O–H groups in total. The highest BCUT2D eigenvalue weighted by Crippen LogP contribution is 2.14. The van der Waals surface area contributed by atoms with E-state index in [1.165, 1.54) is 0 Å². The van der Waals surface area contributed by atoms with Crippen LogP contribution in [0.5, 0.6) is 0 Å². The summed E-state index contributed by atoms with van der Waals surface area (Å²) in [6.45, 7) is 14.1. The van der Waals surface area contributed by atoms with Gasteiger partial charge in [-0.25, -0.2) is 0 Å².